The van der Waals surface area contributed by atoms with E-state index in [1.54, 1.807) is 0 Å². The van der Waals surface area contributed by atoms with Gasteiger partial charge < -0.3 is 4.90 Å². The Morgan fingerprint density at radius 3 is 2.37 bits per heavy atom. The molecule has 0 N–H and O–H groups in total. The highest BCUT2D eigenvalue weighted by atomic mass is 16.2. The van der Waals surface area contributed by atoms with Crippen molar-refractivity contribution in [2.45, 2.75) is 25.7 Å². The van der Waals surface area contributed by atoms with Gasteiger partial charge in [0.05, 0.1) is 0 Å². The van der Waals surface area contributed by atoms with E-state index < -0.39 is 0 Å². The molecule has 5 nitrogen and oxygen atoms in total. The number of amides is 3. The number of rotatable bonds is 4. The molecule has 0 unspecified atom stereocenters. The fourth-order valence-corrected chi connectivity index (χ4v) is 5.47. The molecule has 3 atom stereocenters. The molecule has 1 saturated heterocycles. The lowest BCUT2D eigenvalue weighted by Crippen LogP contribution is -2.57. The molecule has 3 aliphatic carbocycles. The van der Waals surface area contributed by atoms with Gasteiger partial charge in [0.25, 0.3) is 0 Å². The molecule has 5 rings (SSSR count). The lowest BCUT2D eigenvalue weighted by molar-refractivity contribution is -0.158. The van der Waals surface area contributed by atoms with Crippen LogP contribution < -0.4 is 0 Å². The highest BCUT2D eigenvalue weighted by Crippen LogP contribution is 2.70. The van der Waals surface area contributed by atoms with E-state index in [1.807, 2.05) is 30.3 Å². The molecule has 2 saturated carbocycles. The van der Waals surface area contributed by atoms with Crippen molar-refractivity contribution in [3.63, 3.8) is 0 Å². The number of nitrogens with zero attached hydrogens (tertiary/aromatic N) is 2. The van der Waals surface area contributed by atoms with Crippen LogP contribution in [0.5, 0.6) is 0 Å². The fourth-order valence-electron chi connectivity index (χ4n) is 5.47. The monoisotopic (exact) mass is 364 g/mol. The SMILES string of the molecule is O=C([C@@H]1C[C@H]2C=C[C@H]1C21CC1)N1CC(=O)N(CCc2ccccc2)C(=O)C1. The second kappa shape index (κ2) is 6.04. The number of hydrogen-bond donors (Lipinski definition) is 0. The molecule has 0 aromatic heterocycles. The van der Waals surface area contributed by atoms with Gasteiger partial charge in [0.15, 0.2) is 0 Å². The lowest BCUT2D eigenvalue weighted by Gasteiger charge is -2.35. The van der Waals surface area contributed by atoms with Crippen molar-refractivity contribution in [1.82, 2.24) is 9.80 Å². The zero-order chi connectivity index (χ0) is 18.6. The third kappa shape index (κ3) is 2.63. The Kier molecular flexibility index (Phi) is 3.74. The summed E-state index contributed by atoms with van der Waals surface area (Å²) >= 11 is 0. The summed E-state index contributed by atoms with van der Waals surface area (Å²) in [5, 5.41) is 0. The molecule has 27 heavy (non-hydrogen) atoms. The van der Waals surface area contributed by atoms with Gasteiger partial charge in [0.1, 0.15) is 13.1 Å². The van der Waals surface area contributed by atoms with Gasteiger partial charge in [-0.2, -0.15) is 0 Å². The van der Waals surface area contributed by atoms with E-state index >= 15 is 0 Å². The molecule has 1 aromatic carbocycles. The van der Waals surface area contributed by atoms with Crippen molar-refractivity contribution < 1.29 is 14.4 Å². The van der Waals surface area contributed by atoms with E-state index in [9.17, 15) is 14.4 Å². The average molecular weight is 364 g/mol. The minimum absolute atomic E-state index is 0.00235. The molecule has 1 aliphatic heterocycles. The van der Waals surface area contributed by atoms with Crippen LogP contribution in [0.1, 0.15) is 24.8 Å². The number of benzene rings is 1. The molecule has 1 spiro atoms. The third-order valence-electron chi connectivity index (χ3n) is 7.07. The summed E-state index contributed by atoms with van der Waals surface area (Å²) in [6, 6.07) is 9.83. The summed E-state index contributed by atoms with van der Waals surface area (Å²) in [5.74, 6) is 0.290. The summed E-state index contributed by atoms with van der Waals surface area (Å²) < 4.78 is 0. The van der Waals surface area contributed by atoms with E-state index in [2.05, 4.69) is 12.2 Å². The van der Waals surface area contributed by atoms with Crippen LogP contribution in [0.3, 0.4) is 0 Å². The van der Waals surface area contributed by atoms with Crippen molar-refractivity contribution in [2.24, 2.45) is 23.2 Å². The molecule has 4 aliphatic rings. The molecule has 1 heterocycles. The number of imide groups is 1. The number of hydrogen-bond acceptors (Lipinski definition) is 3. The number of piperazine rings is 1. The fraction of sp³-hybridized carbons (Fsp3) is 0.500. The highest BCUT2D eigenvalue weighted by molar-refractivity contribution is 6.03. The van der Waals surface area contributed by atoms with Gasteiger partial charge in [-0.25, -0.2) is 0 Å². The Hall–Kier alpha value is -2.43. The maximum absolute atomic E-state index is 13.1. The summed E-state index contributed by atoms with van der Waals surface area (Å²) in [6.45, 7) is 0.442. The summed E-state index contributed by atoms with van der Waals surface area (Å²) in [7, 11) is 0. The van der Waals surface area contributed by atoms with Crippen molar-refractivity contribution in [3.05, 3.63) is 48.0 Å². The normalized spacial score (nSPS) is 30.4. The van der Waals surface area contributed by atoms with Gasteiger partial charge in [-0.15, -0.1) is 0 Å². The summed E-state index contributed by atoms with van der Waals surface area (Å²) in [5.41, 5.74) is 1.44. The number of allylic oxidation sites excluding steroid dienone is 2. The predicted molar refractivity (Wildman–Crippen MR) is 99.3 cm³/mol. The minimum atomic E-state index is -0.254. The van der Waals surface area contributed by atoms with E-state index in [-0.39, 0.29) is 36.7 Å². The van der Waals surface area contributed by atoms with Crippen LogP contribution in [0.2, 0.25) is 0 Å². The number of carbonyl (C=O) groups is 3. The quantitative estimate of drug-likeness (QED) is 0.607. The first-order valence-corrected chi connectivity index (χ1v) is 9.93. The largest absolute Gasteiger partial charge is 0.324 e. The van der Waals surface area contributed by atoms with Crippen LogP contribution in [-0.2, 0) is 20.8 Å². The molecule has 3 fully saturated rings. The first kappa shape index (κ1) is 16.7. The molecule has 5 heteroatoms. The Labute approximate surface area is 159 Å². The highest BCUT2D eigenvalue weighted by Gasteiger charge is 2.64. The Morgan fingerprint density at radius 2 is 1.74 bits per heavy atom. The van der Waals surface area contributed by atoms with Crippen molar-refractivity contribution >= 4 is 17.7 Å². The van der Waals surface area contributed by atoms with Crippen LogP contribution in [0.25, 0.3) is 0 Å². The van der Waals surface area contributed by atoms with Gasteiger partial charge in [0, 0.05) is 12.5 Å². The van der Waals surface area contributed by atoms with Gasteiger partial charge in [-0.3, -0.25) is 19.3 Å². The van der Waals surface area contributed by atoms with Gasteiger partial charge in [0.2, 0.25) is 17.7 Å². The summed E-state index contributed by atoms with van der Waals surface area (Å²) in [4.78, 5) is 41.0. The molecular formula is C22H24N2O3. The first-order chi connectivity index (χ1) is 13.1. The summed E-state index contributed by atoms with van der Waals surface area (Å²) in [6.07, 6.45) is 8.44. The zero-order valence-corrected chi connectivity index (χ0v) is 15.3. The predicted octanol–water partition coefficient (Wildman–Crippen LogP) is 2.03. The van der Waals surface area contributed by atoms with Gasteiger partial charge in [-0.1, -0.05) is 42.5 Å². The molecule has 2 bridgehead atoms. The molecule has 3 amide bonds. The van der Waals surface area contributed by atoms with Crippen LogP contribution >= 0.6 is 0 Å². The standard InChI is InChI=1S/C22H24N2O3/c25-19-13-23(14-20(26)24(19)11-8-15-4-2-1-3-5-15)21(27)17-12-16-6-7-18(17)22(16)9-10-22/h1-7,16-18H,8-14H2/t16-,17-,18-/m1/s1. The van der Waals surface area contributed by atoms with Gasteiger partial charge in [-0.05, 0) is 48.5 Å². The van der Waals surface area contributed by atoms with Crippen molar-refractivity contribution in [1.29, 1.82) is 0 Å². The smallest absolute Gasteiger partial charge is 0.248 e. The number of carbonyl (C=O) groups excluding carboxylic acids is 3. The van der Waals surface area contributed by atoms with Crippen LogP contribution in [0.15, 0.2) is 42.5 Å². The average Bonchev–Trinajstić information content (AvgIpc) is 3.34. The van der Waals surface area contributed by atoms with Crippen LogP contribution in [0.4, 0.5) is 0 Å². The minimum Gasteiger partial charge on any atom is -0.324 e. The second-order valence-corrected chi connectivity index (χ2v) is 8.46. The van der Waals surface area contributed by atoms with E-state index in [4.69, 9.17) is 0 Å². The van der Waals surface area contributed by atoms with E-state index in [0.717, 1.165) is 12.0 Å². The van der Waals surface area contributed by atoms with E-state index in [1.165, 1.54) is 22.6 Å². The van der Waals surface area contributed by atoms with Crippen molar-refractivity contribution in [2.75, 3.05) is 19.6 Å². The molecule has 1 aromatic rings. The first-order valence-electron chi connectivity index (χ1n) is 9.93. The maximum Gasteiger partial charge on any atom is 0.248 e. The molecule has 140 valence electrons. The molecular weight excluding hydrogens is 340 g/mol. The zero-order valence-electron chi connectivity index (χ0n) is 15.3. The third-order valence-corrected chi connectivity index (χ3v) is 7.07. The lowest BCUT2D eigenvalue weighted by atomic mass is 9.88. The maximum atomic E-state index is 13.1. The molecule has 0 radical (unpaired) electrons. The van der Waals surface area contributed by atoms with Gasteiger partial charge >= 0.3 is 0 Å². The Balaban J connectivity index is 1.23. The Bertz CT molecular complexity index is 809. The van der Waals surface area contributed by atoms with E-state index in [0.29, 0.717) is 30.2 Å². The van der Waals surface area contributed by atoms with Crippen LogP contribution in [-0.4, -0.2) is 47.2 Å². The Morgan fingerprint density at radius 1 is 1.04 bits per heavy atom. The van der Waals surface area contributed by atoms with Crippen LogP contribution in [0, 0.1) is 23.2 Å². The van der Waals surface area contributed by atoms with Crippen molar-refractivity contribution in [3.8, 4) is 0 Å². The second-order valence-electron chi connectivity index (χ2n) is 8.46. The topological polar surface area (TPSA) is 57.7 Å².